The van der Waals surface area contributed by atoms with E-state index in [9.17, 15) is 9.90 Å². The number of carbonyl (C=O) groups is 1. The van der Waals surface area contributed by atoms with Crippen LogP contribution in [-0.4, -0.2) is 23.7 Å². The molecule has 104 valence electrons. The van der Waals surface area contributed by atoms with Crippen molar-refractivity contribution in [2.45, 2.75) is 44.7 Å². The van der Waals surface area contributed by atoms with Gasteiger partial charge in [-0.1, -0.05) is 25.0 Å². The molecule has 0 spiro atoms. The van der Waals surface area contributed by atoms with Crippen molar-refractivity contribution in [3.63, 3.8) is 0 Å². The minimum absolute atomic E-state index is 0.201. The zero-order chi connectivity index (χ0) is 13.7. The first-order valence-corrected chi connectivity index (χ1v) is 6.92. The average molecular weight is 263 g/mol. The number of ether oxygens (including phenoxy) is 1. The molecule has 0 radical (unpaired) electrons. The molecule has 0 aromatic heterocycles. The molecule has 1 aliphatic carbocycles. The lowest BCUT2D eigenvalue weighted by Crippen LogP contribution is -2.36. The number of benzene rings is 1. The first kappa shape index (κ1) is 13.9. The third-order valence-corrected chi connectivity index (χ3v) is 3.51. The van der Waals surface area contributed by atoms with E-state index in [1.165, 1.54) is 12.8 Å². The van der Waals surface area contributed by atoms with E-state index in [0.29, 0.717) is 12.6 Å². The number of carbonyl (C=O) groups excluding carboxylic acids is 1. The van der Waals surface area contributed by atoms with Crippen molar-refractivity contribution >= 4 is 5.97 Å². The van der Waals surface area contributed by atoms with Crippen molar-refractivity contribution in [3.05, 3.63) is 29.8 Å². The predicted octanol–water partition coefficient (Wildman–Crippen LogP) is 2.53. The summed E-state index contributed by atoms with van der Waals surface area (Å²) in [6, 6.07) is 6.65. The number of phenols is 1. The summed E-state index contributed by atoms with van der Waals surface area (Å²) in [5.74, 6) is -0.0488. The molecular weight excluding hydrogens is 242 g/mol. The predicted molar refractivity (Wildman–Crippen MR) is 72.9 cm³/mol. The Kier molecular flexibility index (Phi) is 4.80. The Morgan fingerprint density at radius 3 is 2.58 bits per heavy atom. The molecule has 19 heavy (non-hydrogen) atoms. The fourth-order valence-corrected chi connectivity index (χ4v) is 2.52. The van der Waals surface area contributed by atoms with E-state index in [4.69, 9.17) is 4.74 Å². The zero-order valence-corrected chi connectivity index (χ0v) is 11.3. The van der Waals surface area contributed by atoms with Gasteiger partial charge in [-0.3, -0.25) is 5.32 Å². The summed E-state index contributed by atoms with van der Waals surface area (Å²) in [4.78, 5) is 12.1. The van der Waals surface area contributed by atoms with Crippen molar-refractivity contribution in [2.24, 2.45) is 0 Å². The molecule has 1 aliphatic rings. The van der Waals surface area contributed by atoms with Crippen LogP contribution in [0.1, 0.15) is 44.2 Å². The highest BCUT2D eigenvalue weighted by atomic mass is 16.5. The number of aromatic hydroxyl groups is 1. The van der Waals surface area contributed by atoms with Crippen LogP contribution >= 0.6 is 0 Å². The summed E-state index contributed by atoms with van der Waals surface area (Å²) in [5.41, 5.74) is 0.836. The van der Waals surface area contributed by atoms with Crippen molar-refractivity contribution in [3.8, 4) is 5.75 Å². The Morgan fingerprint density at radius 1 is 1.37 bits per heavy atom. The molecule has 1 aromatic carbocycles. The molecule has 0 bridgehead atoms. The molecule has 1 saturated carbocycles. The van der Waals surface area contributed by atoms with Crippen LogP contribution in [0.5, 0.6) is 5.75 Å². The highest BCUT2D eigenvalue weighted by Gasteiger charge is 2.26. The van der Waals surface area contributed by atoms with Gasteiger partial charge in [0.05, 0.1) is 6.61 Å². The summed E-state index contributed by atoms with van der Waals surface area (Å²) in [5, 5.41) is 12.7. The smallest absolute Gasteiger partial charge is 0.327 e. The number of esters is 1. The van der Waals surface area contributed by atoms with E-state index in [0.717, 1.165) is 18.4 Å². The maximum atomic E-state index is 12.1. The van der Waals surface area contributed by atoms with Gasteiger partial charge in [0.25, 0.3) is 0 Å². The monoisotopic (exact) mass is 263 g/mol. The van der Waals surface area contributed by atoms with Crippen molar-refractivity contribution < 1.29 is 14.6 Å². The Bertz CT molecular complexity index is 410. The fraction of sp³-hybridized carbons (Fsp3) is 0.533. The summed E-state index contributed by atoms with van der Waals surface area (Å²) in [6.45, 7) is 2.18. The van der Waals surface area contributed by atoms with Crippen molar-refractivity contribution in [2.75, 3.05) is 6.61 Å². The number of nitrogens with one attached hydrogen (secondary N) is 1. The maximum absolute atomic E-state index is 12.1. The number of hydrogen-bond donors (Lipinski definition) is 2. The highest BCUT2D eigenvalue weighted by Crippen LogP contribution is 2.24. The van der Waals surface area contributed by atoms with Gasteiger partial charge < -0.3 is 9.84 Å². The second-order valence-electron chi connectivity index (χ2n) is 4.92. The molecule has 2 N–H and O–H groups in total. The van der Waals surface area contributed by atoms with E-state index in [-0.39, 0.29) is 11.7 Å². The van der Waals surface area contributed by atoms with E-state index < -0.39 is 6.04 Å². The summed E-state index contributed by atoms with van der Waals surface area (Å²) < 4.78 is 5.14. The minimum atomic E-state index is -0.441. The molecule has 1 atom stereocenters. The molecule has 4 nitrogen and oxygen atoms in total. The molecule has 0 amide bonds. The van der Waals surface area contributed by atoms with E-state index in [1.54, 1.807) is 31.2 Å². The first-order chi connectivity index (χ1) is 9.20. The third-order valence-electron chi connectivity index (χ3n) is 3.51. The largest absolute Gasteiger partial charge is 0.508 e. The SMILES string of the molecule is CCOC(=O)C(NC1CCCC1)c1ccc(O)cc1. The van der Waals surface area contributed by atoms with Crippen molar-refractivity contribution in [1.82, 2.24) is 5.32 Å². The van der Waals surface area contributed by atoms with Crippen LogP contribution in [0.3, 0.4) is 0 Å². The normalized spacial score (nSPS) is 17.3. The van der Waals surface area contributed by atoms with Gasteiger partial charge in [-0.15, -0.1) is 0 Å². The number of phenolic OH excluding ortho intramolecular Hbond substituents is 1. The van der Waals surface area contributed by atoms with Crippen LogP contribution in [0.4, 0.5) is 0 Å². The molecule has 2 rings (SSSR count). The average Bonchev–Trinajstić information content (AvgIpc) is 2.90. The first-order valence-electron chi connectivity index (χ1n) is 6.92. The molecule has 0 saturated heterocycles. The Labute approximate surface area is 113 Å². The molecular formula is C15H21NO3. The number of hydrogen-bond acceptors (Lipinski definition) is 4. The van der Waals surface area contributed by atoms with Crippen LogP contribution in [0.15, 0.2) is 24.3 Å². The van der Waals surface area contributed by atoms with Crippen LogP contribution < -0.4 is 5.32 Å². The lowest BCUT2D eigenvalue weighted by atomic mass is 10.1. The molecule has 1 fully saturated rings. The zero-order valence-electron chi connectivity index (χ0n) is 11.3. The van der Waals surface area contributed by atoms with Gasteiger partial charge in [0.15, 0.2) is 0 Å². The van der Waals surface area contributed by atoms with Crippen LogP contribution in [0.25, 0.3) is 0 Å². The quantitative estimate of drug-likeness (QED) is 0.801. The van der Waals surface area contributed by atoms with Crippen molar-refractivity contribution in [1.29, 1.82) is 0 Å². The molecule has 0 heterocycles. The maximum Gasteiger partial charge on any atom is 0.327 e. The van der Waals surface area contributed by atoms with Gasteiger partial charge in [0, 0.05) is 6.04 Å². The second kappa shape index (κ2) is 6.57. The highest BCUT2D eigenvalue weighted by molar-refractivity contribution is 5.77. The molecule has 1 unspecified atom stereocenters. The molecule has 0 aliphatic heterocycles. The Balaban J connectivity index is 2.12. The Hall–Kier alpha value is -1.55. The third kappa shape index (κ3) is 3.70. The van der Waals surface area contributed by atoms with Gasteiger partial charge in [0.1, 0.15) is 11.8 Å². The number of rotatable bonds is 5. The van der Waals surface area contributed by atoms with Gasteiger partial charge >= 0.3 is 5.97 Å². The molecule has 1 aromatic rings. The second-order valence-corrected chi connectivity index (χ2v) is 4.92. The van der Waals surface area contributed by atoms with Gasteiger partial charge in [-0.05, 0) is 37.5 Å². The topological polar surface area (TPSA) is 58.6 Å². The minimum Gasteiger partial charge on any atom is -0.508 e. The summed E-state index contributed by atoms with van der Waals surface area (Å²) in [7, 11) is 0. The summed E-state index contributed by atoms with van der Waals surface area (Å²) >= 11 is 0. The Morgan fingerprint density at radius 2 is 2.00 bits per heavy atom. The summed E-state index contributed by atoms with van der Waals surface area (Å²) in [6.07, 6.45) is 4.63. The van der Waals surface area contributed by atoms with E-state index in [2.05, 4.69) is 5.32 Å². The van der Waals surface area contributed by atoms with Crippen LogP contribution in [0.2, 0.25) is 0 Å². The lowest BCUT2D eigenvalue weighted by Gasteiger charge is -2.21. The van der Waals surface area contributed by atoms with Gasteiger partial charge in [-0.25, -0.2) is 4.79 Å². The van der Waals surface area contributed by atoms with Crippen LogP contribution in [-0.2, 0) is 9.53 Å². The lowest BCUT2D eigenvalue weighted by molar-refractivity contribution is -0.146. The fourth-order valence-electron chi connectivity index (χ4n) is 2.52. The standard InChI is InChI=1S/C15H21NO3/c1-2-19-15(18)14(16-12-5-3-4-6-12)11-7-9-13(17)10-8-11/h7-10,12,14,16-17H,2-6H2,1H3. The van der Waals surface area contributed by atoms with Crippen LogP contribution in [0, 0.1) is 0 Å². The van der Waals surface area contributed by atoms with Gasteiger partial charge in [0.2, 0.25) is 0 Å². The van der Waals surface area contributed by atoms with E-state index in [1.807, 2.05) is 0 Å². The van der Waals surface area contributed by atoms with Gasteiger partial charge in [-0.2, -0.15) is 0 Å². The molecule has 4 heteroatoms. The van der Waals surface area contributed by atoms with E-state index >= 15 is 0 Å².